The Hall–Kier alpha value is -0.710. The lowest BCUT2D eigenvalue weighted by atomic mass is 10.0. The third-order valence-corrected chi connectivity index (χ3v) is 5.26. The van der Waals surface area contributed by atoms with Gasteiger partial charge in [-0.25, -0.2) is 0 Å². The van der Waals surface area contributed by atoms with Gasteiger partial charge in [0.15, 0.2) is 0 Å². The van der Waals surface area contributed by atoms with Crippen LogP contribution in [0.2, 0.25) is 0 Å². The highest BCUT2D eigenvalue weighted by Gasteiger charge is 2.37. The molecule has 0 saturated carbocycles. The molecule has 0 aromatic heterocycles. The monoisotopic (exact) mass is 284 g/mol. The Morgan fingerprint density at radius 1 is 1.32 bits per heavy atom. The van der Waals surface area contributed by atoms with Crippen molar-refractivity contribution in [3.05, 3.63) is 0 Å². The van der Waals surface area contributed by atoms with E-state index in [1.807, 2.05) is 21.6 Å². The van der Waals surface area contributed by atoms with Crippen molar-refractivity contribution in [1.82, 2.24) is 9.80 Å². The van der Waals surface area contributed by atoms with E-state index in [2.05, 4.69) is 13.2 Å². The summed E-state index contributed by atoms with van der Waals surface area (Å²) >= 11 is 1.83. The highest BCUT2D eigenvalue weighted by Crippen LogP contribution is 2.23. The van der Waals surface area contributed by atoms with Crippen LogP contribution in [0.4, 0.5) is 0 Å². The molecule has 2 aliphatic rings. The van der Waals surface area contributed by atoms with Gasteiger partial charge < -0.3 is 9.80 Å². The van der Waals surface area contributed by atoms with E-state index in [0.717, 1.165) is 38.8 Å². The number of hydrogen-bond acceptors (Lipinski definition) is 3. The molecule has 2 amide bonds. The SMILES string of the molecule is CSC(C)CCN1CCC(=O)N2CCCCC2C1=O. The van der Waals surface area contributed by atoms with Crippen molar-refractivity contribution >= 4 is 23.6 Å². The molecule has 2 unspecified atom stereocenters. The molecule has 0 aliphatic carbocycles. The molecule has 19 heavy (non-hydrogen) atoms. The topological polar surface area (TPSA) is 40.6 Å². The van der Waals surface area contributed by atoms with Crippen molar-refractivity contribution in [2.75, 3.05) is 25.9 Å². The third-order valence-electron chi connectivity index (χ3n) is 4.22. The van der Waals surface area contributed by atoms with Crippen molar-refractivity contribution in [3.63, 3.8) is 0 Å². The summed E-state index contributed by atoms with van der Waals surface area (Å²) in [5.74, 6) is 0.345. The molecule has 0 N–H and O–H groups in total. The fourth-order valence-electron chi connectivity index (χ4n) is 2.86. The maximum absolute atomic E-state index is 12.6. The summed E-state index contributed by atoms with van der Waals surface area (Å²) in [5, 5.41) is 0.564. The summed E-state index contributed by atoms with van der Waals surface area (Å²) < 4.78 is 0. The molecule has 5 heteroatoms. The van der Waals surface area contributed by atoms with Crippen LogP contribution in [0.25, 0.3) is 0 Å². The van der Waals surface area contributed by atoms with Crippen LogP contribution in [0.15, 0.2) is 0 Å². The Morgan fingerprint density at radius 3 is 2.84 bits per heavy atom. The second-order valence-electron chi connectivity index (χ2n) is 5.51. The van der Waals surface area contributed by atoms with Crippen molar-refractivity contribution < 1.29 is 9.59 Å². The van der Waals surface area contributed by atoms with Crippen LogP contribution >= 0.6 is 11.8 Å². The summed E-state index contributed by atoms with van der Waals surface area (Å²) in [4.78, 5) is 28.4. The van der Waals surface area contributed by atoms with Gasteiger partial charge in [0.2, 0.25) is 11.8 Å². The first-order chi connectivity index (χ1) is 9.13. The Balaban J connectivity index is 2.01. The molecule has 0 bridgehead atoms. The van der Waals surface area contributed by atoms with Gasteiger partial charge >= 0.3 is 0 Å². The summed E-state index contributed by atoms with van der Waals surface area (Å²) in [6, 6.07) is -0.173. The van der Waals surface area contributed by atoms with Gasteiger partial charge in [0.25, 0.3) is 0 Å². The molecule has 2 fully saturated rings. The first-order valence-corrected chi connectivity index (χ1v) is 8.53. The van der Waals surface area contributed by atoms with E-state index in [4.69, 9.17) is 0 Å². The third kappa shape index (κ3) is 3.44. The molecule has 2 rings (SSSR count). The first kappa shape index (κ1) is 14.7. The fraction of sp³-hybridized carbons (Fsp3) is 0.857. The zero-order valence-corrected chi connectivity index (χ0v) is 12.7. The van der Waals surface area contributed by atoms with Crippen LogP contribution in [0.5, 0.6) is 0 Å². The highest BCUT2D eigenvalue weighted by molar-refractivity contribution is 7.99. The van der Waals surface area contributed by atoms with E-state index in [1.165, 1.54) is 0 Å². The van der Waals surface area contributed by atoms with Gasteiger partial charge in [-0.3, -0.25) is 9.59 Å². The Kier molecular flexibility index (Phi) is 5.13. The predicted molar refractivity (Wildman–Crippen MR) is 78.1 cm³/mol. The van der Waals surface area contributed by atoms with E-state index < -0.39 is 0 Å². The minimum atomic E-state index is -0.173. The molecule has 2 saturated heterocycles. The maximum Gasteiger partial charge on any atom is 0.245 e. The molecule has 108 valence electrons. The first-order valence-electron chi connectivity index (χ1n) is 7.24. The van der Waals surface area contributed by atoms with Gasteiger partial charge in [0, 0.05) is 31.3 Å². The lowest BCUT2D eigenvalue weighted by molar-refractivity contribution is -0.143. The smallest absolute Gasteiger partial charge is 0.245 e. The average molecular weight is 284 g/mol. The van der Waals surface area contributed by atoms with Crippen LogP contribution in [0.1, 0.15) is 39.0 Å². The van der Waals surface area contributed by atoms with Gasteiger partial charge in [-0.05, 0) is 31.9 Å². The zero-order valence-electron chi connectivity index (χ0n) is 11.9. The number of amides is 2. The van der Waals surface area contributed by atoms with E-state index in [-0.39, 0.29) is 17.9 Å². The number of rotatable bonds is 4. The molecular weight excluding hydrogens is 260 g/mol. The van der Waals surface area contributed by atoms with E-state index in [9.17, 15) is 9.59 Å². The summed E-state index contributed by atoms with van der Waals surface area (Å²) in [7, 11) is 0. The van der Waals surface area contributed by atoms with Gasteiger partial charge in [0.1, 0.15) is 6.04 Å². The lowest BCUT2D eigenvalue weighted by Gasteiger charge is -2.34. The number of carbonyl (C=O) groups is 2. The molecule has 0 aromatic rings. The minimum absolute atomic E-state index is 0.165. The number of piperidine rings is 1. The molecule has 2 aliphatic heterocycles. The van der Waals surface area contributed by atoms with Crippen LogP contribution in [0, 0.1) is 0 Å². The second kappa shape index (κ2) is 6.64. The Labute approximate surface area is 119 Å². The molecule has 2 atom stereocenters. The molecule has 0 aromatic carbocycles. The second-order valence-corrected chi connectivity index (χ2v) is 6.79. The number of nitrogens with zero attached hydrogens (tertiary/aromatic N) is 2. The number of fused-ring (bicyclic) bond motifs is 1. The summed E-state index contributed by atoms with van der Waals surface area (Å²) in [5.41, 5.74) is 0. The van der Waals surface area contributed by atoms with Crippen LogP contribution in [-0.4, -0.2) is 58.8 Å². The average Bonchev–Trinajstić information content (AvgIpc) is 2.56. The molecule has 2 heterocycles. The largest absolute Gasteiger partial charge is 0.340 e. The van der Waals surface area contributed by atoms with E-state index in [0.29, 0.717) is 18.2 Å². The predicted octanol–water partition coefficient (Wildman–Crippen LogP) is 1.74. The number of carbonyl (C=O) groups excluding carboxylic acids is 2. The quantitative estimate of drug-likeness (QED) is 0.789. The van der Waals surface area contributed by atoms with Crippen LogP contribution < -0.4 is 0 Å². The number of hydrogen-bond donors (Lipinski definition) is 0. The van der Waals surface area contributed by atoms with E-state index in [1.54, 1.807) is 0 Å². The normalized spacial score (nSPS) is 26.1. The Morgan fingerprint density at radius 2 is 2.11 bits per heavy atom. The maximum atomic E-state index is 12.6. The summed E-state index contributed by atoms with van der Waals surface area (Å²) in [6.45, 7) is 4.35. The van der Waals surface area contributed by atoms with Gasteiger partial charge in [0.05, 0.1) is 0 Å². The molecular formula is C14H24N2O2S. The zero-order chi connectivity index (χ0) is 13.8. The summed E-state index contributed by atoms with van der Waals surface area (Å²) in [6.07, 6.45) is 6.55. The van der Waals surface area contributed by atoms with Crippen molar-refractivity contribution in [3.8, 4) is 0 Å². The van der Waals surface area contributed by atoms with Crippen molar-refractivity contribution in [2.24, 2.45) is 0 Å². The fourth-order valence-corrected chi connectivity index (χ4v) is 3.20. The van der Waals surface area contributed by atoms with Crippen LogP contribution in [-0.2, 0) is 9.59 Å². The minimum Gasteiger partial charge on any atom is -0.340 e. The van der Waals surface area contributed by atoms with E-state index >= 15 is 0 Å². The molecule has 0 radical (unpaired) electrons. The van der Waals surface area contributed by atoms with Gasteiger partial charge in [-0.2, -0.15) is 11.8 Å². The standard InChI is InChI=1S/C14H24N2O2S/c1-11(19-2)6-9-15-10-7-13(17)16-8-4-3-5-12(16)14(15)18/h11-12H,3-10H2,1-2H3. The highest BCUT2D eigenvalue weighted by atomic mass is 32.2. The van der Waals surface area contributed by atoms with Crippen molar-refractivity contribution in [2.45, 2.75) is 50.3 Å². The molecule has 0 spiro atoms. The Bertz CT molecular complexity index is 348. The van der Waals surface area contributed by atoms with Crippen LogP contribution in [0.3, 0.4) is 0 Å². The number of thioether (sulfide) groups is 1. The van der Waals surface area contributed by atoms with Gasteiger partial charge in [-0.15, -0.1) is 0 Å². The lowest BCUT2D eigenvalue weighted by Crippen LogP contribution is -2.50. The molecule has 4 nitrogen and oxygen atoms in total. The van der Waals surface area contributed by atoms with Gasteiger partial charge in [-0.1, -0.05) is 6.92 Å². The van der Waals surface area contributed by atoms with Crippen molar-refractivity contribution in [1.29, 1.82) is 0 Å².